The van der Waals surface area contributed by atoms with E-state index in [0.717, 1.165) is 12.1 Å². The Bertz CT molecular complexity index is 526. The minimum atomic E-state index is -4.77. The third-order valence-electron chi connectivity index (χ3n) is 2.76. The van der Waals surface area contributed by atoms with Crippen molar-refractivity contribution in [3.63, 3.8) is 0 Å². The molecular weight excluding hydrogens is 303 g/mol. The third-order valence-corrected chi connectivity index (χ3v) is 2.76. The lowest BCUT2D eigenvalue weighted by Gasteiger charge is -2.25. The predicted molar refractivity (Wildman–Crippen MR) is 71.3 cm³/mol. The molecule has 0 aliphatic carbocycles. The van der Waals surface area contributed by atoms with Crippen molar-refractivity contribution in [2.45, 2.75) is 32.7 Å². The third kappa shape index (κ3) is 6.02. The van der Waals surface area contributed by atoms with Crippen LogP contribution in [0.3, 0.4) is 0 Å². The van der Waals surface area contributed by atoms with Crippen LogP contribution < -0.4 is 4.74 Å². The predicted octanol–water partition coefficient (Wildman–Crippen LogP) is 2.45. The van der Waals surface area contributed by atoms with E-state index < -0.39 is 24.8 Å². The minimum Gasteiger partial charge on any atom is -0.480 e. The Morgan fingerprint density at radius 1 is 1.23 bits per heavy atom. The maximum Gasteiger partial charge on any atom is 0.573 e. The lowest BCUT2D eigenvalue weighted by molar-refractivity contribution is -0.274. The zero-order valence-electron chi connectivity index (χ0n) is 12.1. The largest absolute Gasteiger partial charge is 0.573 e. The molecule has 1 rings (SSSR count). The number of carbonyl (C=O) groups is 2. The molecule has 8 heteroatoms. The molecule has 0 bridgehead atoms. The van der Waals surface area contributed by atoms with E-state index >= 15 is 0 Å². The molecule has 0 heterocycles. The van der Waals surface area contributed by atoms with Gasteiger partial charge < -0.3 is 14.7 Å². The van der Waals surface area contributed by atoms with Crippen LogP contribution in [0.25, 0.3) is 0 Å². The van der Waals surface area contributed by atoms with E-state index in [1.54, 1.807) is 13.8 Å². The van der Waals surface area contributed by atoms with Crippen molar-refractivity contribution in [1.29, 1.82) is 0 Å². The van der Waals surface area contributed by atoms with Crippen molar-refractivity contribution in [3.05, 3.63) is 29.8 Å². The molecule has 0 unspecified atom stereocenters. The second kappa shape index (κ2) is 7.15. The van der Waals surface area contributed by atoms with Crippen LogP contribution in [0.5, 0.6) is 5.75 Å². The van der Waals surface area contributed by atoms with Gasteiger partial charge in [-0.05, 0) is 31.5 Å². The molecule has 0 atom stereocenters. The summed E-state index contributed by atoms with van der Waals surface area (Å²) in [5, 5.41) is 8.78. The Kier molecular flexibility index (Phi) is 5.78. The van der Waals surface area contributed by atoms with E-state index in [2.05, 4.69) is 4.74 Å². The first-order chi connectivity index (χ1) is 10.1. The van der Waals surface area contributed by atoms with Crippen molar-refractivity contribution in [2.24, 2.45) is 0 Å². The monoisotopic (exact) mass is 319 g/mol. The zero-order valence-corrected chi connectivity index (χ0v) is 12.1. The average Bonchev–Trinajstić information content (AvgIpc) is 2.36. The molecule has 22 heavy (non-hydrogen) atoms. The Labute approximate surface area is 125 Å². The van der Waals surface area contributed by atoms with Crippen LogP contribution in [0.4, 0.5) is 13.2 Å². The van der Waals surface area contributed by atoms with E-state index in [9.17, 15) is 22.8 Å². The molecule has 0 aromatic heterocycles. The highest BCUT2D eigenvalue weighted by Gasteiger charge is 2.31. The van der Waals surface area contributed by atoms with Gasteiger partial charge in [-0.25, -0.2) is 0 Å². The minimum absolute atomic E-state index is 0.0994. The second-order valence-electron chi connectivity index (χ2n) is 4.88. The number of alkyl halides is 3. The number of nitrogens with zero attached hydrogens (tertiary/aromatic N) is 1. The summed E-state index contributed by atoms with van der Waals surface area (Å²) in [4.78, 5) is 24.0. The van der Waals surface area contributed by atoms with Gasteiger partial charge in [0.05, 0.1) is 6.42 Å². The second-order valence-corrected chi connectivity index (χ2v) is 4.88. The van der Waals surface area contributed by atoms with Gasteiger partial charge in [-0.3, -0.25) is 9.59 Å². The molecule has 0 saturated heterocycles. The van der Waals surface area contributed by atoms with Crippen LogP contribution in [0.15, 0.2) is 24.3 Å². The van der Waals surface area contributed by atoms with Crippen molar-refractivity contribution in [3.8, 4) is 5.75 Å². The van der Waals surface area contributed by atoms with E-state index in [-0.39, 0.29) is 18.2 Å². The first-order valence-electron chi connectivity index (χ1n) is 6.44. The summed E-state index contributed by atoms with van der Waals surface area (Å²) in [6, 6.07) is 4.58. The molecule has 1 aromatic carbocycles. The number of benzene rings is 1. The molecule has 0 saturated carbocycles. The molecule has 122 valence electrons. The molecular formula is C14H16F3NO4. The quantitative estimate of drug-likeness (QED) is 0.874. The van der Waals surface area contributed by atoms with Crippen LogP contribution >= 0.6 is 0 Å². The molecule has 0 aliphatic rings. The summed E-state index contributed by atoms with van der Waals surface area (Å²) in [5.74, 6) is -1.92. The summed E-state index contributed by atoms with van der Waals surface area (Å²) in [6.45, 7) is 2.94. The average molecular weight is 319 g/mol. The van der Waals surface area contributed by atoms with Gasteiger partial charge in [0.1, 0.15) is 12.3 Å². The zero-order chi connectivity index (χ0) is 16.9. The van der Waals surface area contributed by atoms with Crippen LogP contribution in [0.1, 0.15) is 19.4 Å². The van der Waals surface area contributed by atoms with Crippen molar-refractivity contribution in [1.82, 2.24) is 4.90 Å². The molecule has 0 fully saturated rings. The maximum atomic E-state index is 12.1. The summed E-state index contributed by atoms with van der Waals surface area (Å²) in [7, 11) is 0. The number of carboxylic acid groups (broad SMARTS) is 1. The number of rotatable bonds is 6. The van der Waals surface area contributed by atoms with Gasteiger partial charge in [0, 0.05) is 6.04 Å². The highest BCUT2D eigenvalue weighted by atomic mass is 19.4. The molecule has 0 aliphatic heterocycles. The number of aliphatic carboxylic acids is 1. The number of ether oxygens (including phenoxy) is 1. The van der Waals surface area contributed by atoms with Gasteiger partial charge in [0.2, 0.25) is 5.91 Å². The highest BCUT2D eigenvalue weighted by Crippen LogP contribution is 2.23. The summed E-state index contributed by atoms with van der Waals surface area (Å²) < 4.78 is 39.8. The summed E-state index contributed by atoms with van der Waals surface area (Å²) in [5.41, 5.74) is 0.468. The maximum absolute atomic E-state index is 12.1. The molecule has 0 radical (unpaired) electrons. The fraction of sp³-hybridized carbons (Fsp3) is 0.429. The standard InChI is InChI=1S/C14H16F3NO4/c1-9(2)18(8-13(20)21)12(19)7-10-3-5-11(6-4-10)22-14(15,16)17/h3-6,9H,7-8H2,1-2H3,(H,20,21). The lowest BCUT2D eigenvalue weighted by atomic mass is 10.1. The van der Waals surface area contributed by atoms with E-state index in [0.29, 0.717) is 5.56 Å². The van der Waals surface area contributed by atoms with E-state index in [4.69, 9.17) is 5.11 Å². The fourth-order valence-electron chi connectivity index (χ4n) is 1.79. The number of halogens is 3. The Morgan fingerprint density at radius 3 is 2.18 bits per heavy atom. The molecule has 5 nitrogen and oxygen atoms in total. The Balaban J connectivity index is 2.73. The van der Waals surface area contributed by atoms with Gasteiger partial charge in [-0.15, -0.1) is 13.2 Å². The molecule has 1 N–H and O–H groups in total. The van der Waals surface area contributed by atoms with Crippen molar-refractivity contribution in [2.75, 3.05) is 6.54 Å². The SMILES string of the molecule is CC(C)N(CC(=O)O)C(=O)Cc1ccc(OC(F)(F)F)cc1. The van der Waals surface area contributed by atoms with Crippen molar-refractivity contribution >= 4 is 11.9 Å². The van der Waals surface area contributed by atoms with Crippen LogP contribution in [0.2, 0.25) is 0 Å². The number of carbonyl (C=O) groups excluding carboxylic acids is 1. The number of carboxylic acids is 1. The number of amides is 1. The number of hydrogen-bond acceptors (Lipinski definition) is 3. The Hall–Kier alpha value is -2.25. The van der Waals surface area contributed by atoms with Gasteiger partial charge in [-0.2, -0.15) is 0 Å². The first-order valence-corrected chi connectivity index (χ1v) is 6.44. The smallest absolute Gasteiger partial charge is 0.480 e. The Morgan fingerprint density at radius 2 is 1.77 bits per heavy atom. The normalized spacial score (nSPS) is 11.4. The van der Waals surface area contributed by atoms with E-state index in [1.807, 2.05) is 0 Å². The van der Waals surface area contributed by atoms with E-state index in [1.165, 1.54) is 17.0 Å². The van der Waals surface area contributed by atoms with Crippen LogP contribution in [-0.2, 0) is 16.0 Å². The lowest BCUT2D eigenvalue weighted by Crippen LogP contribution is -2.41. The summed E-state index contributed by atoms with van der Waals surface area (Å²) >= 11 is 0. The molecule has 1 aromatic rings. The van der Waals surface area contributed by atoms with Crippen LogP contribution in [-0.4, -0.2) is 40.8 Å². The van der Waals surface area contributed by atoms with Gasteiger partial charge in [-0.1, -0.05) is 12.1 Å². The number of hydrogen-bond donors (Lipinski definition) is 1. The first kappa shape index (κ1) is 17.8. The van der Waals surface area contributed by atoms with Crippen LogP contribution in [0, 0.1) is 0 Å². The fourth-order valence-corrected chi connectivity index (χ4v) is 1.79. The summed E-state index contributed by atoms with van der Waals surface area (Å²) in [6.07, 6.45) is -4.87. The van der Waals surface area contributed by atoms with Crippen molar-refractivity contribution < 1.29 is 32.6 Å². The van der Waals surface area contributed by atoms with Gasteiger partial charge >= 0.3 is 12.3 Å². The molecule has 0 spiro atoms. The molecule has 1 amide bonds. The highest BCUT2D eigenvalue weighted by molar-refractivity contribution is 5.83. The topological polar surface area (TPSA) is 66.8 Å². The van der Waals surface area contributed by atoms with Gasteiger partial charge in [0.15, 0.2) is 0 Å². The van der Waals surface area contributed by atoms with Gasteiger partial charge in [0.25, 0.3) is 0 Å².